The summed E-state index contributed by atoms with van der Waals surface area (Å²) in [6.45, 7) is 8.88. The smallest absolute Gasteiger partial charge is 0.211 e. The molecule has 0 spiro atoms. The second-order valence-electron chi connectivity index (χ2n) is 5.62. The summed E-state index contributed by atoms with van der Waals surface area (Å²) in [6, 6.07) is 0. The van der Waals surface area contributed by atoms with Crippen LogP contribution in [-0.4, -0.2) is 33.8 Å². The van der Waals surface area contributed by atoms with Crippen molar-refractivity contribution in [3.05, 3.63) is 0 Å². The lowest BCUT2D eigenvalue weighted by Gasteiger charge is -2.07. The third kappa shape index (κ3) is 5.84. The van der Waals surface area contributed by atoms with E-state index in [4.69, 9.17) is 0 Å². The van der Waals surface area contributed by atoms with Crippen LogP contribution in [0.5, 0.6) is 0 Å². The monoisotopic (exact) mass is 262 g/mol. The van der Waals surface area contributed by atoms with Crippen LogP contribution in [0.4, 0.5) is 0 Å². The molecule has 0 aliphatic heterocycles. The highest BCUT2D eigenvalue weighted by molar-refractivity contribution is 7.89. The summed E-state index contributed by atoms with van der Waals surface area (Å²) in [6.07, 6.45) is 2.79. The van der Waals surface area contributed by atoms with Crippen molar-refractivity contribution >= 4 is 10.0 Å². The largest absolute Gasteiger partial charge is 0.317 e. The van der Waals surface area contributed by atoms with Crippen LogP contribution in [0.25, 0.3) is 0 Å². The predicted molar refractivity (Wildman–Crippen MR) is 71.5 cm³/mol. The summed E-state index contributed by atoms with van der Waals surface area (Å²) < 4.78 is 26.1. The molecule has 0 amide bonds. The molecular formula is C12H26N2O2S. The molecule has 0 bridgehead atoms. The van der Waals surface area contributed by atoms with Crippen LogP contribution >= 0.6 is 0 Å². The van der Waals surface area contributed by atoms with Gasteiger partial charge >= 0.3 is 0 Å². The van der Waals surface area contributed by atoms with E-state index < -0.39 is 10.0 Å². The van der Waals surface area contributed by atoms with Gasteiger partial charge in [0.25, 0.3) is 0 Å². The zero-order valence-corrected chi connectivity index (χ0v) is 12.1. The molecular weight excluding hydrogens is 236 g/mol. The van der Waals surface area contributed by atoms with Gasteiger partial charge in [-0.2, -0.15) is 0 Å². The van der Waals surface area contributed by atoms with Crippen molar-refractivity contribution in [2.45, 2.75) is 40.0 Å². The molecule has 0 radical (unpaired) electrons. The summed E-state index contributed by atoms with van der Waals surface area (Å²) in [5.74, 6) is 0.782. The fraction of sp³-hybridized carbons (Fsp3) is 1.00. The topological polar surface area (TPSA) is 58.2 Å². The Kier molecular flexibility index (Phi) is 5.41. The van der Waals surface area contributed by atoms with E-state index in [1.165, 1.54) is 0 Å². The first-order valence-corrected chi connectivity index (χ1v) is 8.20. The van der Waals surface area contributed by atoms with Crippen LogP contribution in [0.15, 0.2) is 0 Å². The van der Waals surface area contributed by atoms with Gasteiger partial charge in [-0.15, -0.1) is 0 Å². The Labute approximate surface area is 106 Å². The summed E-state index contributed by atoms with van der Waals surface area (Å²) in [5, 5.41) is 3.19. The molecule has 1 atom stereocenters. The maximum absolute atomic E-state index is 11.7. The predicted octanol–water partition coefficient (Wildman–Crippen LogP) is 1.34. The van der Waals surface area contributed by atoms with Gasteiger partial charge in [0.2, 0.25) is 10.0 Å². The van der Waals surface area contributed by atoms with Crippen LogP contribution in [0.1, 0.15) is 40.0 Å². The minimum Gasteiger partial charge on any atom is -0.317 e. The van der Waals surface area contributed by atoms with Crippen LogP contribution in [0.2, 0.25) is 0 Å². The zero-order chi connectivity index (χ0) is 12.9. The standard InChI is InChI=1S/C12H26N2O2S/c1-4-13-7-5-6-8-17(15,16)14-10-11-9-12(11,2)3/h11,13-14H,4-10H2,1-3H3. The number of sulfonamides is 1. The van der Waals surface area contributed by atoms with Gasteiger partial charge in [0, 0.05) is 6.54 Å². The molecule has 0 heterocycles. The molecule has 1 aliphatic rings. The molecule has 1 rings (SSSR count). The summed E-state index contributed by atoms with van der Waals surface area (Å²) in [4.78, 5) is 0. The SMILES string of the molecule is CCNCCCCS(=O)(=O)NCC1CC1(C)C. The molecule has 2 N–H and O–H groups in total. The molecule has 0 aromatic carbocycles. The van der Waals surface area contributed by atoms with Gasteiger partial charge in [-0.3, -0.25) is 0 Å². The molecule has 0 saturated heterocycles. The van der Waals surface area contributed by atoms with Gasteiger partial charge < -0.3 is 5.32 Å². The van der Waals surface area contributed by atoms with Crippen molar-refractivity contribution in [2.24, 2.45) is 11.3 Å². The molecule has 17 heavy (non-hydrogen) atoms. The van der Waals surface area contributed by atoms with Gasteiger partial charge in [0.15, 0.2) is 0 Å². The molecule has 1 fully saturated rings. The number of rotatable bonds is 9. The van der Waals surface area contributed by atoms with Gasteiger partial charge in [-0.25, -0.2) is 13.1 Å². The van der Waals surface area contributed by atoms with E-state index in [0.717, 1.165) is 32.4 Å². The second-order valence-corrected chi connectivity index (χ2v) is 7.54. The van der Waals surface area contributed by atoms with Crippen molar-refractivity contribution in [3.63, 3.8) is 0 Å². The van der Waals surface area contributed by atoms with E-state index >= 15 is 0 Å². The fourth-order valence-electron chi connectivity index (χ4n) is 1.94. The molecule has 102 valence electrons. The lowest BCUT2D eigenvalue weighted by molar-refractivity contribution is 0.535. The minimum absolute atomic E-state index is 0.255. The lowest BCUT2D eigenvalue weighted by Crippen LogP contribution is -2.29. The third-order valence-corrected chi connectivity index (χ3v) is 4.97. The Morgan fingerprint density at radius 3 is 2.47 bits per heavy atom. The Morgan fingerprint density at radius 1 is 1.29 bits per heavy atom. The molecule has 0 aromatic rings. The maximum atomic E-state index is 11.7. The average Bonchev–Trinajstić information content (AvgIpc) is 2.84. The lowest BCUT2D eigenvalue weighted by atomic mass is 10.1. The number of hydrogen-bond acceptors (Lipinski definition) is 3. The quantitative estimate of drug-likeness (QED) is 0.617. The first kappa shape index (κ1) is 14.9. The van der Waals surface area contributed by atoms with E-state index in [1.807, 2.05) is 0 Å². The van der Waals surface area contributed by atoms with Gasteiger partial charge in [-0.1, -0.05) is 20.8 Å². The zero-order valence-electron chi connectivity index (χ0n) is 11.3. The third-order valence-electron chi connectivity index (χ3n) is 3.53. The first-order chi connectivity index (χ1) is 7.87. The van der Waals surface area contributed by atoms with Gasteiger partial charge in [0.1, 0.15) is 0 Å². The van der Waals surface area contributed by atoms with Crippen LogP contribution < -0.4 is 10.0 Å². The van der Waals surface area contributed by atoms with Crippen LogP contribution in [0.3, 0.4) is 0 Å². The Hall–Kier alpha value is -0.130. The molecule has 1 saturated carbocycles. The maximum Gasteiger partial charge on any atom is 0.211 e. The van der Waals surface area contributed by atoms with Crippen molar-refractivity contribution in [2.75, 3.05) is 25.4 Å². The van der Waals surface area contributed by atoms with E-state index in [1.54, 1.807) is 0 Å². The molecule has 0 aromatic heterocycles. The number of unbranched alkanes of at least 4 members (excludes halogenated alkanes) is 1. The molecule has 4 nitrogen and oxygen atoms in total. The number of nitrogens with one attached hydrogen (secondary N) is 2. The normalized spacial score (nSPS) is 22.6. The van der Waals surface area contributed by atoms with E-state index in [2.05, 4.69) is 30.8 Å². The molecule has 1 unspecified atom stereocenters. The summed E-state index contributed by atoms with van der Waals surface area (Å²) >= 11 is 0. The second kappa shape index (κ2) is 6.16. The van der Waals surface area contributed by atoms with E-state index in [-0.39, 0.29) is 5.75 Å². The minimum atomic E-state index is -3.05. The van der Waals surface area contributed by atoms with E-state index in [0.29, 0.717) is 17.9 Å². The molecule has 5 heteroatoms. The van der Waals surface area contributed by atoms with Crippen LogP contribution in [-0.2, 0) is 10.0 Å². The average molecular weight is 262 g/mol. The Bertz CT molecular complexity index is 325. The number of hydrogen-bond donors (Lipinski definition) is 2. The van der Waals surface area contributed by atoms with Gasteiger partial charge in [-0.05, 0) is 43.7 Å². The van der Waals surface area contributed by atoms with E-state index in [9.17, 15) is 8.42 Å². The Morgan fingerprint density at radius 2 is 1.94 bits per heavy atom. The summed E-state index contributed by atoms with van der Waals surface area (Å²) in [5.41, 5.74) is 0.341. The highest BCUT2D eigenvalue weighted by Gasteiger charge is 2.45. The highest BCUT2D eigenvalue weighted by Crippen LogP contribution is 2.51. The van der Waals surface area contributed by atoms with Crippen molar-refractivity contribution < 1.29 is 8.42 Å². The fourth-order valence-corrected chi connectivity index (χ4v) is 3.13. The molecule has 1 aliphatic carbocycles. The van der Waals surface area contributed by atoms with Crippen LogP contribution in [0, 0.1) is 11.3 Å². The van der Waals surface area contributed by atoms with Crippen molar-refractivity contribution in [1.82, 2.24) is 10.0 Å². The highest BCUT2D eigenvalue weighted by atomic mass is 32.2. The van der Waals surface area contributed by atoms with Crippen molar-refractivity contribution in [1.29, 1.82) is 0 Å². The first-order valence-electron chi connectivity index (χ1n) is 6.55. The summed E-state index contributed by atoms with van der Waals surface area (Å²) in [7, 11) is -3.05. The van der Waals surface area contributed by atoms with Gasteiger partial charge in [0.05, 0.1) is 5.75 Å². The Balaban J connectivity index is 2.10. The van der Waals surface area contributed by atoms with Crippen molar-refractivity contribution in [3.8, 4) is 0 Å².